The van der Waals surface area contributed by atoms with Gasteiger partial charge in [-0.15, -0.1) is 0 Å². The third-order valence-corrected chi connectivity index (χ3v) is 3.42. The maximum atomic E-state index is 13.5. The predicted molar refractivity (Wildman–Crippen MR) is 79.7 cm³/mol. The Morgan fingerprint density at radius 1 is 1.29 bits per heavy atom. The number of nitriles is 1. The normalized spacial score (nSPS) is 11.5. The van der Waals surface area contributed by atoms with Crippen LogP contribution in [0.25, 0.3) is 0 Å². The van der Waals surface area contributed by atoms with E-state index in [4.69, 9.17) is 10.00 Å². The summed E-state index contributed by atoms with van der Waals surface area (Å²) in [6.45, 7) is 1.57. The van der Waals surface area contributed by atoms with Crippen molar-refractivity contribution in [3.05, 3.63) is 63.9 Å². The first-order chi connectivity index (χ1) is 10.0. The lowest BCUT2D eigenvalue weighted by Gasteiger charge is -2.15. The Hall–Kier alpha value is -2.19. The van der Waals surface area contributed by atoms with E-state index < -0.39 is 11.9 Å². The average Bonchev–Trinajstić information content (AvgIpc) is 2.47. The van der Waals surface area contributed by atoms with E-state index in [0.717, 1.165) is 4.47 Å². The topological polar surface area (TPSA) is 50.1 Å². The van der Waals surface area contributed by atoms with E-state index in [1.54, 1.807) is 37.3 Å². The quantitative estimate of drug-likeness (QED) is 0.782. The van der Waals surface area contributed by atoms with E-state index in [1.165, 1.54) is 18.2 Å². The van der Waals surface area contributed by atoms with Gasteiger partial charge in [-0.2, -0.15) is 5.26 Å². The van der Waals surface area contributed by atoms with Crippen LogP contribution in [0.3, 0.4) is 0 Å². The van der Waals surface area contributed by atoms with Gasteiger partial charge < -0.3 is 4.74 Å². The summed E-state index contributed by atoms with van der Waals surface area (Å²) in [7, 11) is 0. The summed E-state index contributed by atoms with van der Waals surface area (Å²) in [5.74, 6) is -0.843. The summed E-state index contributed by atoms with van der Waals surface area (Å²) in [5.41, 5.74) is 0.286. The molecule has 0 spiro atoms. The standard InChI is InChI=1S/C16H11BrFNO2/c1-10(16(20)11-5-7-12(17)8-6-11)21-15-4-2-3-14(18)13(15)9-19/h2-8,10H,1H3. The van der Waals surface area contributed by atoms with E-state index in [-0.39, 0.29) is 17.1 Å². The molecule has 21 heavy (non-hydrogen) atoms. The van der Waals surface area contributed by atoms with Crippen LogP contribution in [0, 0.1) is 17.1 Å². The number of halogens is 2. The number of Topliss-reactive ketones (excluding diaryl/α,β-unsaturated/α-hetero) is 1. The van der Waals surface area contributed by atoms with Crippen molar-refractivity contribution in [1.82, 2.24) is 0 Å². The Labute approximate surface area is 130 Å². The monoisotopic (exact) mass is 347 g/mol. The van der Waals surface area contributed by atoms with Crippen LogP contribution in [-0.4, -0.2) is 11.9 Å². The van der Waals surface area contributed by atoms with Gasteiger partial charge >= 0.3 is 0 Å². The molecule has 0 amide bonds. The molecule has 0 aliphatic carbocycles. The molecule has 1 unspecified atom stereocenters. The molecule has 0 saturated heterocycles. The van der Waals surface area contributed by atoms with E-state index in [1.807, 2.05) is 0 Å². The highest BCUT2D eigenvalue weighted by Gasteiger charge is 2.19. The zero-order chi connectivity index (χ0) is 15.4. The number of ketones is 1. The second-order valence-electron chi connectivity index (χ2n) is 4.36. The van der Waals surface area contributed by atoms with Gasteiger partial charge in [-0.25, -0.2) is 4.39 Å². The van der Waals surface area contributed by atoms with E-state index in [2.05, 4.69) is 15.9 Å². The number of hydrogen-bond donors (Lipinski definition) is 0. The summed E-state index contributed by atoms with van der Waals surface area (Å²) >= 11 is 3.29. The Morgan fingerprint density at radius 3 is 2.57 bits per heavy atom. The number of carbonyl (C=O) groups is 1. The van der Waals surface area contributed by atoms with Gasteiger partial charge in [0.1, 0.15) is 23.2 Å². The summed E-state index contributed by atoms with van der Waals surface area (Å²) in [4.78, 5) is 12.2. The number of nitrogens with zero attached hydrogens (tertiary/aromatic N) is 1. The Bertz CT molecular complexity index is 707. The van der Waals surface area contributed by atoms with Crippen molar-refractivity contribution in [2.75, 3.05) is 0 Å². The second-order valence-corrected chi connectivity index (χ2v) is 5.27. The molecule has 0 radical (unpaired) electrons. The molecule has 0 aromatic heterocycles. The summed E-state index contributed by atoms with van der Waals surface area (Å²) in [6.07, 6.45) is -0.819. The maximum Gasteiger partial charge on any atom is 0.202 e. The minimum absolute atomic E-state index is 0.0652. The van der Waals surface area contributed by atoms with E-state index >= 15 is 0 Å². The summed E-state index contributed by atoms with van der Waals surface area (Å²) in [5, 5.41) is 8.94. The molecule has 1 atom stereocenters. The van der Waals surface area contributed by atoms with Crippen molar-refractivity contribution in [3.8, 4) is 11.8 Å². The average molecular weight is 348 g/mol. The molecule has 2 aromatic carbocycles. The lowest BCUT2D eigenvalue weighted by molar-refractivity contribution is 0.0817. The highest BCUT2D eigenvalue weighted by molar-refractivity contribution is 9.10. The first-order valence-corrected chi connectivity index (χ1v) is 6.97. The molecule has 5 heteroatoms. The van der Waals surface area contributed by atoms with Gasteiger partial charge in [-0.05, 0) is 31.2 Å². The highest BCUT2D eigenvalue weighted by atomic mass is 79.9. The third-order valence-electron chi connectivity index (χ3n) is 2.89. The molecule has 0 heterocycles. The number of rotatable bonds is 4. The lowest BCUT2D eigenvalue weighted by atomic mass is 10.1. The molecule has 0 fully saturated rings. The highest BCUT2D eigenvalue weighted by Crippen LogP contribution is 2.22. The largest absolute Gasteiger partial charge is 0.481 e. The molecule has 0 bridgehead atoms. The fourth-order valence-electron chi connectivity index (χ4n) is 1.80. The van der Waals surface area contributed by atoms with E-state index in [0.29, 0.717) is 5.56 Å². The maximum absolute atomic E-state index is 13.5. The van der Waals surface area contributed by atoms with Crippen LogP contribution in [0.4, 0.5) is 4.39 Å². The molecule has 3 nitrogen and oxygen atoms in total. The zero-order valence-electron chi connectivity index (χ0n) is 11.1. The van der Waals surface area contributed by atoms with Crippen LogP contribution in [0.1, 0.15) is 22.8 Å². The van der Waals surface area contributed by atoms with Crippen LogP contribution in [0.5, 0.6) is 5.75 Å². The van der Waals surface area contributed by atoms with Crippen molar-refractivity contribution in [2.45, 2.75) is 13.0 Å². The zero-order valence-corrected chi connectivity index (χ0v) is 12.7. The number of benzene rings is 2. The van der Waals surface area contributed by atoms with Crippen molar-refractivity contribution < 1.29 is 13.9 Å². The number of hydrogen-bond acceptors (Lipinski definition) is 3. The number of ether oxygens (including phenoxy) is 1. The van der Waals surface area contributed by atoms with Crippen LogP contribution in [-0.2, 0) is 0 Å². The van der Waals surface area contributed by atoms with Crippen LogP contribution < -0.4 is 4.74 Å². The van der Waals surface area contributed by atoms with Gasteiger partial charge in [0.25, 0.3) is 0 Å². The lowest BCUT2D eigenvalue weighted by Crippen LogP contribution is -2.24. The molecular formula is C16H11BrFNO2. The van der Waals surface area contributed by atoms with Crippen molar-refractivity contribution in [3.63, 3.8) is 0 Å². The van der Waals surface area contributed by atoms with E-state index in [9.17, 15) is 9.18 Å². The fourth-order valence-corrected chi connectivity index (χ4v) is 2.07. The Kier molecular flexibility index (Phi) is 4.71. The summed E-state index contributed by atoms with van der Waals surface area (Å²) < 4.78 is 19.8. The molecule has 0 N–H and O–H groups in total. The molecule has 106 valence electrons. The van der Waals surface area contributed by atoms with Crippen LogP contribution in [0.2, 0.25) is 0 Å². The van der Waals surface area contributed by atoms with Crippen LogP contribution in [0.15, 0.2) is 46.9 Å². The minimum Gasteiger partial charge on any atom is -0.481 e. The van der Waals surface area contributed by atoms with Crippen molar-refractivity contribution in [2.24, 2.45) is 0 Å². The Balaban J connectivity index is 2.20. The molecule has 0 aliphatic rings. The first kappa shape index (κ1) is 15.2. The van der Waals surface area contributed by atoms with Crippen LogP contribution >= 0.6 is 15.9 Å². The SMILES string of the molecule is CC(Oc1cccc(F)c1C#N)C(=O)c1ccc(Br)cc1. The van der Waals surface area contributed by atoms with Gasteiger partial charge in [0.15, 0.2) is 6.10 Å². The van der Waals surface area contributed by atoms with Gasteiger partial charge in [-0.1, -0.05) is 34.1 Å². The van der Waals surface area contributed by atoms with Gasteiger partial charge in [0.2, 0.25) is 5.78 Å². The molecule has 0 saturated carbocycles. The minimum atomic E-state index is -0.819. The number of carbonyl (C=O) groups excluding carboxylic acids is 1. The summed E-state index contributed by atoms with van der Waals surface area (Å²) in [6, 6.07) is 12.7. The van der Waals surface area contributed by atoms with Crippen molar-refractivity contribution >= 4 is 21.7 Å². The molecular weight excluding hydrogens is 337 g/mol. The second kappa shape index (κ2) is 6.51. The molecule has 0 aliphatic heterocycles. The Morgan fingerprint density at radius 2 is 1.95 bits per heavy atom. The van der Waals surface area contributed by atoms with Crippen molar-refractivity contribution in [1.29, 1.82) is 5.26 Å². The fraction of sp³-hybridized carbons (Fsp3) is 0.125. The molecule has 2 rings (SSSR count). The smallest absolute Gasteiger partial charge is 0.202 e. The van der Waals surface area contributed by atoms with Gasteiger partial charge in [0, 0.05) is 10.0 Å². The van der Waals surface area contributed by atoms with Gasteiger partial charge in [-0.3, -0.25) is 4.79 Å². The first-order valence-electron chi connectivity index (χ1n) is 6.18. The molecule has 2 aromatic rings. The van der Waals surface area contributed by atoms with Gasteiger partial charge in [0.05, 0.1) is 0 Å². The third kappa shape index (κ3) is 3.47. The predicted octanol–water partition coefficient (Wildman–Crippen LogP) is 4.11.